The van der Waals surface area contributed by atoms with Crippen LogP contribution in [0.1, 0.15) is 12.8 Å². The molecule has 0 bridgehead atoms. The van der Waals surface area contributed by atoms with E-state index in [1.165, 1.54) is 0 Å². The molecule has 0 aliphatic heterocycles. The van der Waals surface area contributed by atoms with Gasteiger partial charge in [-0.1, -0.05) is 5.21 Å². The van der Waals surface area contributed by atoms with Gasteiger partial charge in [-0.15, -0.1) is 5.10 Å². The molecule has 2 rings (SSSR count). The molecule has 0 radical (unpaired) electrons. The number of carbonyl (C=O) groups is 2. The fraction of sp³-hybridized carbons (Fsp3) is 0.385. The van der Waals surface area contributed by atoms with Gasteiger partial charge in [-0.3, -0.25) is 9.59 Å². The van der Waals surface area contributed by atoms with Crippen LogP contribution in [0, 0.1) is 0 Å². The minimum atomic E-state index is -0.896. The number of primary amides is 1. The van der Waals surface area contributed by atoms with Crippen LogP contribution in [0.2, 0.25) is 0 Å². The highest BCUT2D eigenvalue weighted by Crippen LogP contribution is 2.19. The predicted molar refractivity (Wildman–Crippen MR) is 76.9 cm³/mol. The number of fused-ring (bicyclic) bond motifs is 1. The Bertz CT molecular complexity index is 667. The number of nitrogens with zero attached hydrogens (tertiary/aromatic N) is 4. The molecule has 1 amide bonds. The number of amides is 1. The van der Waals surface area contributed by atoms with Gasteiger partial charge in [-0.05, 0) is 24.6 Å². The molecule has 0 saturated carbocycles. The summed E-state index contributed by atoms with van der Waals surface area (Å²) in [6, 6.07) is 5.45. The second-order valence-electron chi connectivity index (χ2n) is 4.81. The third kappa shape index (κ3) is 3.68. The summed E-state index contributed by atoms with van der Waals surface area (Å²) in [6.07, 6.45) is 0.912. The molecule has 0 spiro atoms. The van der Waals surface area contributed by atoms with Gasteiger partial charge in [0.25, 0.3) is 0 Å². The molecule has 2 aromatic rings. The lowest BCUT2D eigenvalue weighted by atomic mass is 10.2. The number of anilines is 1. The maximum Gasteiger partial charge on any atom is 0.323 e. The van der Waals surface area contributed by atoms with Gasteiger partial charge in [0, 0.05) is 25.7 Å². The second kappa shape index (κ2) is 6.21. The summed E-state index contributed by atoms with van der Waals surface area (Å²) in [7, 11) is 1.70. The Balaban J connectivity index is 2.14. The van der Waals surface area contributed by atoms with E-state index < -0.39 is 5.97 Å². The van der Waals surface area contributed by atoms with Crippen molar-refractivity contribution in [3.8, 4) is 0 Å². The van der Waals surface area contributed by atoms with Gasteiger partial charge >= 0.3 is 5.97 Å². The van der Waals surface area contributed by atoms with Crippen molar-refractivity contribution >= 4 is 28.6 Å². The average molecular weight is 291 g/mol. The summed E-state index contributed by atoms with van der Waals surface area (Å²) >= 11 is 0. The molecule has 1 heterocycles. The molecule has 1 aromatic carbocycles. The van der Waals surface area contributed by atoms with Crippen molar-refractivity contribution in [1.82, 2.24) is 15.0 Å². The van der Waals surface area contributed by atoms with Crippen molar-refractivity contribution < 1.29 is 14.7 Å². The molecule has 0 atom stereocenters. The monoisotopic (exact) mass is 291 g/mol. The largest absolute Gasteiger partial charge is 0.480 e. The van der Waals surface area contributed by atoms with Crippen LogP contribution in [0.4, 0.5) is 5.69 Å². The standard InChI is InChI=1S/C13H17N5O3/c1-17(8-13(20)21)9-4-5-11-10(7-9)15-16-18(11)6-2-3-12(14)19/h4-5,7H,2-3,6,8H2,1H3,(H2,14,19)(H,20,21). The second-order valence-corrected chi connectivity index (χ2v) is 4.81. The van der Waals surface area contributed by atoms with E-state index in [4.69, 9.17) is 10.8 Å². The summed E-state index contributed by atoms with van der Waals surface area (Å²) in [5, 5.41) is 16.9. The van der Waals surface area contributed by atoms with Gasteiger partial charge in [-0.2, -0.15) is 0 Å². The number of rotatable bonds is 7. The third-order valence-electron chi connectivity index (χ3n) is 3.10. The minimum Gasteiger partial charge on any atom is -0.480 e. The number of carbonyl (C=O) groups excluding carboxylic acids is 1. The highest BCUT2D eigenvalue weighted by Gasteiger charge is 2.10. The first-order valence-corrected chi connectivity index (χ1v) is 6.52. The zero-order valence-corrected chi connectivity index (χ0v) is 11.7. The molecular weight excluding hydrogens is 274 g/mol. The number of nitrogens with two attached hydrogens (primary N) is 1. The normalized spacial score (nSPS) is 10.7. The highest BCUT2D eigenvalue weighted by molar-refractivity contribution is 5.81. The Labute approximate surface area is 121 Å². The van der Waals surface area contributed by atoms with Crippen molar-refractivity contribution in [3.05, 3.63) is 18.2 Å². The van der Waals surface area contributed by atoms with Crippen LogP contribution < -0.4 is 10.6 Å². The number of aryl methyl sites for hydroxylation is 1. The van der Waals surface area contributed by atoms with E-state index in [0.29, 0.717) is 24.9 Å². The maximum absolute atomic E-state index is 10.7. The number of aromatic nitrogens is 3. The van der Waals surface area contributed by atoms with E-state index in [1.807, 2.05) is 12.1 Å². The van der Waals surface area contributed by atoms with Crippen LogP contribution >= 0.6 is 0 Å². The lowest BCUT2D eigenvalue weighted by molar-refractivity contribution is -0.135. The number of hydrogen-bond acceptors (Lipinski definition) is 5. The van der Waals surface area contributed by atoms with E-state index in [0.717, 1.165) is 11.2 Å². The molecule has 0 aliphatic carbocycles. The fourth-order valence-corrected chi connectivity index (χ4v) is 2.06. The Kier molecular flexibility index (Phi) is 4.36. The molecule has 8 nitrogen and oxygen atoms in total. The van der Waals surface area contributed by atoms with Gasteiger partial charge < -0.3 is 15.7 Å². The topological polar surface area (TPSA) is 114 Å². The number of carboxylic acid groups (broad SMARTS) is 1. The smallest absolute Gasteiger partial charge is 0.323 e. The number of aliphatic carboxylic acids is 1. The lowest BCUT2D eigenvalue weighted by Gasteiger charge is -2.16. The molecule has 21 heavy (non-hydrogen) atoms. The molecule has 3 N–H and O–H groups in total. The average Bonchev–Trinajstić information content (AvgIpc) is 2.80. The Hall–Kier alpha value is -2.64. The fourth-order valence-electron chi connectivity index (χ4n) is 2.06. The van der Waals surface area contributed by atoms with E-state index in [-0.39, 0.29) is 12.5 Å². The van der Waals surface area contributed by atoms with E-state index >= 15 is 0 Å². The van der Waals surface area contributed by atoms with Crippen molar-refractivity contribution in [3.63, 3.8) is 0 Å². The predicted octanol–water partition coefficient (Wildman–Crippen LogP) is 0.218. The molecule has 0 unspecified atom stereocenters. The Morgan fingerprint density at radius 3 is 2.86 bits per heavy atom. The van der Waals surface area contributed by atoms with E-state index in [1.54, 1.807) is 22.7 Å². The van der Waals surface area contributed by atoms with Gasteiger partial charge in [0.2, 0.25) is 5.91 Å². The van der Waals surface area contributed by atoms with Crippen LogP contribution in [0.15, 0.2) is 18.2 Å². The number of benzene rings is 1. The van der Waals surface area contributed by atoms with Gasteiger partial charge in [0.1, 0.15) is 12.1 Å². The number of carboxylic acids is 1. The highest BCUT2D eigenvalue weighted by atomic mass is 16.4. The van der Waals surface area contributed by atoms with Crippen LogP contribution in [0.5, 0.6) is 0 Å². The molecule has 8 heteroatoms. The number of hydrogen-bond donors (Lipinski definition) is 2. The van der Waals surface area contributed by atoms with Crippen molar-refractivity contribution in [2.45, 2.75) is 19.4 Å². The summed E-state index contributed by atoms with van der Waals surface area (Å²) < 4.78 is 1.71. The van der Waals surface area contributed by atoms with Crippen LogP contribution in [-0.4, -0.2) is 45.6 Å². The molecule has 1 aromatic heterocycles. The molecule has 0 saturated heterocycles. The quantitative estimate of drug-likeness (QED) is 0.754. The Morgan fingerprint density at radius 2 is 2.19 bits per heavy atom. The van der Waals surface area contributed by atoms with E-state index in [9.17, 15) is 9.59 Å². The summed E-state index contributed by atoms with van der Waals surface area (Å²) in [5.41, 5.74) is 7.38. The summed E-state index contributed by atoms with van der Waals surface area (Å²) in [5.74, 6) is -1.23. The minimum absolute atomic E-state index is 0.0851. The van der Waals surface area contributed by atoms with Crippen molar-refractivity contribution in [2.75, 3.05) is 18.5 Å². The first-order chi connectivity index (χ1) is 9.97. The van der Waals surface area contributed by atoms with Crippen molar-refractivity contribution in [2.24, 2.45) is 5.73 Å². The maximum atomic E-state index is 10.7. The molecule has 0 aliphatic rings. The zero-order valence-electron chi connectivity index (χ0n) is 11.7. The number of likely N-dealkylation sites (N-methyl/N-ethyl adjacent to an activating group) is 1. The van der Waals surface area contributed by atoms with Crippen LogP contribution in [-0.2, 0) is 16.1 Å². The van der Waals surface area contributed by atoms with E-state index in [2.05, 4.69) is 10.3 Å². The lowest BCUT2D eigenvalue weighted by Crippen LogP contribution is -2.24. The zero-order chi connectivity index (χ0) is 15.4. The van der Waals surface area contributed by atoms with Gasteiger partial charge in [0.05, 0.1) is 5.52 Å². The third-order valence-corrected chi connectivity index (χ3v) is 3.10. The first-order valence-electron chi connectivity index (χ1n) is 6.52. The van der Waals surface area contributed by atoms with Crippen molar-refractivity contribution in [1.29, 1.82) is 0 Å². The molecule has 0 fully saturated rings. The SMILES string of the molecule is CN(CC(=O)O)c1ccc2c(c1)nnn2CCCC(N)=O. The molecular formula is C13H17N5O3. The van der Waals surface area contributed by atoms with Gasteiger partial charge in [-0.25, -0.2) is 4.68 Å². The van der Waals surface area contributed by atoms with Crippen LogP contribution in [0.3, 0.4) is 0 Å². The Morgan fingerprint density at radius 1 is 1.43 bits per heavy atom. The summed E-state index contributed by atoms with van der Waals surface area (Å²) in [6.45, 7) is 0.474. The van der Waals surface area contributed by atoms with Gasteiger partial charge in [0.15, 0.2) is 0 Å². The first kappa shape index (κ1) is 14.8. The molecule has 112 valence electrons. The summed E-state index contributed by atoms with van der Waals surface area (Å²) in [4.78, 5) is 23.1. The van der Waals surface area contributed by atoms with Crippen LogP contribution in [0.25, 0.3) is 11.0 Å².